The molecule has 1 aromatic carbocycles. The first-order valence-corrected chi connectivity index (χ1v) is 7.16. The lowest BCUT2D eigenvalue weighted by atomic mass is 10.1. The standard InChI is InChI=1S/C15H23FN2OS/c1-11(2)9-18(7-6-15(17)20)10-12-4-5-13(19-3)8-14(12)16/h4-5,8,11H,6-7,9-10H2,1-3H3,(H2,17,20). The minimum Gasteiger partial charge on any atom is -0.497 e. The fourth-order valence-corrected chi connectivity index (χ4v) is 2.14. The van der Waals surface area contributed by atoms with Crippen LogP contribution in [-0.4, -0.2) is 30.1 Å². The molecule has 5 heteroatoms. The summed E-state index contributed by atoms with van der Waals surface area (Å²) in [4.78, 5) is 2.67. The molecule has 1 aromatic rings. The molecule has 0 aromatic heterocycles. The van der Waals surface area contributed by atoms with Crippen LogP contribution in [0.4, 0.5) is 4.39 Å². The summed E-state index contributed by atoms with van der Waals surface area (Å²) in [5.41, 5.74) is 6.21. The van der Waals surface area contributed by atoms with Crippen molar-refractivity contribution in [2.75, 3.05) is 20.2 Å². The van der Waals surface area contributed by atoms with Gasteiger partial charge < -0.3 is 10.5 Å². The van der Waals surface area contributed by atoms with Crippen molar-refractivity contribution >= 4 is 17.2 Å². The van der Waals surface area contributed by atoms with Crippen LogP contribution in [0, 0.1) is 11.7 Å². The Labute approximate surface area is 125 Å². The Morgan fingerprint density at radius 2 is 2.15 bits per heavy atom. The Morgan fingerprint density at radius 3 is 2.65 bits per heavy atom. The van der Waals surface area contributed by atoms with Crippen molar-refractivity contribution in [1.29, 1.82) is 0 Å². The first-order chi connectivity index (χ1) is 9.42. The van der Waals surface area contributed by atoms with Crippen molar-refractivity contribution in [3.63, 3.8) is 0 Å². The van der Waals surface area contributed by atoms with Gasteiger partial charge in [0.15, 0.2) is 0 Å². The van der Waals surface area contributed by atoms with Gasteiger partial charge in [-0.25, -0.2) is 4.39 Å². The van der Waals surface area contributed by atoms with Gasteiger partial charge >= 0.3 is 0 Å². The van der Waals surface area contributed by atoms with Gasteiger partial charge in [0.2, 0.25) is 0 Å². The molecule has 0 radical (unpaired) electrons. The smallest absolute Gasteiger partial charge is 0.131 e. The first-order valence-electron chi connectivity index (χ1n) is 6.75. The molecule has 0 saturated carbocycles. The zero-order chi connectivity index (χ0) is 15.1. The van der Waals surface area contributed by atoms with E-state index in [9.17, 15) is 4.39 Å². The van der Waals surface area contributed by atoms with E-state index in [1.165, 1.54) is 13.2 Å². The summed E-state index contributed by atoms with van der Waals surface area (Å²) in [6, 6.07) is 4.96. The monoisotopic (exact) mass is 298 g/mol. The van der Waals surface area contributed by atoms with Crippen molar-refractivity contribution in [3.8, 4) is 5.75 Å². The average molecular weight is 298 g/mol. The molecule has 1 rings (SSSR count). The maximum atomic E-state index is 14.0. The van der Waals surface area contributed by atoms with Crippen LogP contribution in [0.5, 0.6) is 5.75 Å². The van der Waals surface area contributed by atoms with E-state index >= 15 is 0 Å². The number of thiocarbonyl (C=S) groups is 1. The third-order valence-electron chi connectivity index (χ3n) is 2.95. The van der Waals surface area contributed by atoms with Gasteiger partial charge in [0, 0.05) is 37.7 Å². The van der Waals surface area contributed by atoms with Gasteiger partial charge in [-0.2, -0.15) is 0 Å². The van der Waals surface area contributed by atoms with E-state index in [1.54, 1.807) is 12.1 Å². The van der Waals surface area contributed by atoms with Gasteiger partial charge in [0.1, 0.15) is 11.6 Å². The number of methoxy groups -OCH3 is 1. The predicted octanol–water partition coefficient (Wildman–Crippen LogP) is 2.97. The fraction of sp³-hybridized carbons (Fsp3) is 0.533. The Kier molecular flexibility index (Phi) is 6.88. The SMILES string of the molecule is COc1ccc(CN(CCC(N)=S)CC(C)C)c(F)c1. The molecule has 0 aliphatic rings. The highest BCUT2D eigenvalue weighted by Gasteiger charge is 2.12. The molecule has 0 aliphatic heterocycles. The van der Waals surface area contributed by atoms with Crippen molar-refractivity contribution in [3.05, 3.63) is 29.6 Å². The molecular weight excluding hydrogens is 275 g/mol. The molecule has 0 heterocycles. The summed E-state index contributed by atoms with van der Waals surface area (Å²) < 4.78 is 19.0. The van der Waals surface area contributed by atoms with E-state index in [0.29, 0.717) is 35.2 Å². The minimum absolute atomic E-state index is 0.242. The summed E-state index contributed by atoms with van der Waals surface area (Å²) >= 11 is 4.91. The number of ether oxygens (including phenoxy) is 1. The Bertz CT molecular complexity index is 451. The number of hydrogen-bond donors (Lipinski definition) is 1. The molecule has 0 amide bonds. The van der Waals surface area contributed by atoms with E-state index in [4.69, 9.17) is 22.7 Å². The third kappa shape index (κ3) is 5.84. The van der Waals surface area contributed by atoms with Crippen LogP contribution < -0.4 is 10.5 Å². The summed E-state index contributed by atoms with van der Waals surface area (Å²) in [7, 11) is 1.53. The molecule has 3 nitrogen and oxygen atoms in total. The van der Waals surface area contributed by atoms with Crippen LogP contribution in [0.15, 0.2) is 18.2 Å². The number of halogens is 1. The van der Waals surface area contributed by atoms with Gasteiger partial charge in [-0.05, 0) is 12.0 Å². The van der Waals surface area contributed by atoms with Crippen LogP contribution in [0.25, 0.3) is 0 Å². The number of nitrogens with two attached hydrogens (primary N) is 1. The van der Waals surface area contributed by atoms with Crippen LogP contribution in [0.1, 0.15) is 25.8 Å². The quantitative estimate of drug-likeness (QED) is 0.749. The number of nitrogens with zero attached hydrogens (tertiary/aromatic N) is 1. The third-order valence-corrected chi connectivity index (χ3v) is 3.16. The normalized spacial score (nSPS) is 11.1. The number of hydrogen-bond acceptors (Lipinski definition) is 3. The fourth-order valence-electron chi connectivity index (χ4n) is 2.04. The van der Waals surface area contributed by atoms with Gasteiger partial charge in [-0.1, -0.05) is 32.1 Å². The van der Waals surface area contributed by atoms with Crippen molar-refractivity contribution in [2.45, 2.75) is 26.8 Å². The summed E-state index contributed by atoms with van der Waals surface area (Å²) in [5.74, 6) is 0.792. The largest absolute Gasteiger partial charge is 0.497 e. The van der Waals surface area contributed by atoms with Crippen LogP contribution in [0.2, 0.25) is 0 Å². The van der Waals surface area contributed by atoms with Crippen LogP contribution >= 0.6 is 12.2 Å². The van der Waals surface area contributed by atoms with Gasteiger partial charge in [-0.15, -0.1) is 0 Å². The Balaban J connectivity index is 2.74. The molecular formula is C15H23FN2OS. The summed E-state index contributed by atoms with van der Waals surface area (Å²) in [6.45, 7) is 6.46. The van der Waals surface area contributed by atoms with Gasteiger partial charge in [0.05, 0.1) is 12.1 Å². The Morgan fingerprint density at radius 1 is 1.45 bits per heavy atom. The lowest BCUT2D eigenvalue weighted by Crippen LogP contribution is -2.31. The van der Waals surface area contributed by atoms with Gasteiger partial charge in [0.25, 0.3) is 0 Å². The second kappa shape index (κ2) is 8.17. The summed E-state index contributed by atoms with van der Waals surface area (Å²) in [6.07, 6.45) is 0.653. The van der Waals surface area contributed by atoms with Crippen LogP contribution in [-0.2, 0) is 6.54 Å². The molecule has 0 saturated heterocycles. The highest BCUT2D eigenvalue weighted by molar-refractivity contribution is 7.80. The van der Waals surface area contributed by atoms with Gasteiger partial charge in [-0.3, -0.25) is 4.90 Å². The van der Waals surface area contributed by atoms with Crippen molar-refractivity contribution in [2.24, 2.45) is 11.7 Å². The minimum atomic E-state index is -0.242. The molecule has 0 atom stereocenters. The molecule has 2 N–H and O–H groups in total. The van der Waals surface area contributed by atoms with Crippen molar-refractivity contribution in [1.82, 2.24) is 4.90 Å². The molecule has 0 aliphatic carbocycles. The zero-order valence-electron chi connectivity index (χ0n) is 12.4. The molecule has 0 fully saturated rings. The number of benzene rings is 1. The highest BCUT2D eigenvalue weighted by atomic mass is 32.1. The second-order valence-corrected chi connectivity index (χ2v) is 5.83. The maximum absolute atomic E-state index is 14.0. The maximum Gasteiger partial charge on any atom is 0.131 e. The van der Waals surface area contributed by atoms with E-state index in [1.807, 2.05) is 0 Å². The Hall–Kier alpha value is -1.20. The predicted molar refractivity (Wildman–Crippen MR) is 84.5 cm³/mol. The van der Waals surface area contributed by atoms with E-state index in [-0.39, 0.29) is 5.82 Å². The zero-order valence-corrected chi connectivity index (χ0v) is 13.2. The highest BCUT2D eigenvalue weighted by Crippen LogP contribution is 2.18. The number of rotatable bonds is 8. The van der Waals surface area contributed by atoms with E-state index in [0.717, 1.165) is 13.1 Å². The lowest BCUT2D eigenvalue weighted by Gasteiger charge is -2.24. The molecule has 20 heavy (non-hydrogen) atoms. The van der Waals surface area contributed by atoms with Crippen LogP contribution in [0.3, 0.4) is 0 Å². The first kappa shape index (κ1) is 16.9. The molecule has 112 valence electrons. The topological polar surface area (TPSA) is 38.5 Å². The lowest BCUT2D eigenvalue weighted by molar-refractivity contribution is 0.239. The van der Waals surface area contributed by atoms with E-state index in [2.05, 4.69) is 18.7 Å². The average Bonchev–Trinajstić information content (AvgIpc) is 2.37. The second-order valence-electron chi connectivity index (χ2n) is 5.30. The summed E-state index contributed by atoms with van der Waals surface area (Å²) in [5, 5.41) is 0. The molecule has 0 unspecified atom stereocenters. The molecule has 0 bridgehead atoms. The van der Waals surface area contributed by atoms with E-state index < -0.39 is 0 Å². The molecule has 0 spiro atoms. The van der Waals surface area contributed by atoms with Crippen molar-refractivity contribution < 1.29 is 9.13 Å².